The molecule has 0 radical (unpaired) electrons. The highest BCUT2D eigenvalue weighted by Gasteiger charge is 2.30. The molecule has 0 aliphatic heterocycles. The molecule has 15 heavy (non-hydrogen) atoms. The lowest BCUT2D eigenvalue weighted by atomic mass is 9.89. The van der Waals surface area contributed by atoms with Gasteiger partial charge in [0.05, 0.1) is 11.6 Å². The summed E-state index contributed by atoms with van der Waals surface area (Å²) in [5.74, 6) is 0.595. The highest BCUT2D eigenvalue weighted by molar-refractivity contribution is 5.92. The predicted octanol–water partition coefficient (Wildman–Crippen LogP) is 1.71. The van der Waals surface area contributed by atoms with E-state index >= 15 is 0 Å². The molecular weight excluding hydrogens is 188 g/mol. The molecule has 0 aromatic heterocycles. The van der Waals surface area contributed by atoms with Crippen LogP contribution in [0.4, 0.5) is 0 Å². The van der Waals surface area contributed by atoms with E-state index in [9.17, 15) is 4.79 Å². The molecule has 0 saturated heterocycles. The van der Waals surface area contributed by atoms with Crippen LogP contribution in [0.3, 0.4) is 0 Å². The zero-order valence-corrected chi connectivity index (χ0v) is 10.9. The summed E-state index contributed by atoms with van der Waals surface area (Å²) in [6.07, 6.45) is 0.845. The minimum atomic E-state index is -0.749. The maximum atomic E-state index is 12.0. The predicted molar refractivity (Wildman–Crippen MR) is 64.8 cm³/mol. The number of Topliss-reactive ketones (excluding diaryl/α,β-unsaturated/α-hetero) is 1. The molecule has 0 amide bonds. The fourth-order valence-electron chi connectivity index (χ4n) is 1.57. The first-order valence-corrected chi connectivity index (χ1v) is 5.73. The Bertz CT molecular complexity index is 194. The number of hydrogen-bond donors (Lipinski definition) is 2. The van der Waals surface area contributed by atoms with Crippen molar-refractivity contribution in [2.24, 2.45) is 11.7 Å². The van der Waals surface area contributed by atoms with Crippen LogP contribution in [0.2, 0.25) is 0 Å². The van der Waals surface area contributed by atoms with Gasteiger partial charge in [0.25, 0.3) is 0 Å². The minimum Gasteiger partial charge on any atom is -0.319 e. The van der Waals surface area contributed by atoms with Gasteiger partial charge in [0, 0.05) is 6.04 Å². The molecule has 0 heterocycles. The summed E-state index contributed by atoms with van der Waals surface area (Å²) in [6.45, 7) is 11.9. The van der Waals surface area contributed by atoms with E-state index in [1.54, 1.807) is 13.8 Å². The third-order valence-electron chi connectivity index (χ3n) is 2.19. The van der Waals surface area contributed by atoms with Gasteiger partial charge in [-0.05, 0) is 26.2 Å². The van der Waals surface area contributed by atoms with Gasteiger partial charge in [-0.2, -0.15) is 0 Å². The normalized spacial score (nSPS) is 14.7. The molecule has 3 N–H and O–H groups in total. The summed E-state index contributed by atoms with van der Waals surface area (Å²) in [6, 6.07) is 0.185. The molecule has 3 nitrogen and oxygen atoms in total. The van der Waals surface area contributed by atoms with E-state index < -0.39 is 5.54 Å². The maximum absolute atomic E-state index is 12.0. The molecule has 3 heteroatoms. The van der Waals surface area contributed by atoms with Crippen molar-refractivity contribution in [1.82, 2.24) is 5.32 Å². The third-order valence-corrected chi connectivity index (χ3v) is 2.19. The van der Waals surface area contributed by atoms with E-state index in [2.05, 4.69) is 19.2 Å². The van der Waals surface area contributed by atoms with Gasteiger partial charge < -0.3 is 11.1 Å². The molecule has 0 saturated carbocycles. The first-order chi connectivity index (χ1) is 6.64. The van der Waals surface area contributed by atoms with Crippen molar-refractivity contribution in [3.63, 3.8) is 0 Å². The standard InChI is InChI=1S/C12H26N2O/c1-8(2)7-10(14-9(3)4)11(15)12(5,6)13/h8-10,14H,7,13H2,1-6H3. The van der Waals surface area contributed by atoms with E-state index in [0.717, 1.165) is 6.42 Å². The van der Waals surface area contributed by atoms with Gasteiger partial charge in [-0.3, -0.25) is 4.79 Å². The topological polar surface area (TPSA) is 55.1 Å². The SMILES string of the molecule is CC(C)CC(NC(C)C)C(=O)C(C)(C)N. The Kier molecular flexibility index (Phi) is 5.46. The van der Waals surface area contributed by atoms with Gasteiger partial charge in [0.2, 0.25) is 0 Å². The average molecular weight is 214 g/mol. The molecule has 0 aromatic carbocycles. The Morgan fingerprint density at radius 1 is 1.27 bits per heavy atom. The second-order valence-electron chi connectivity index (χ2n) is 5.59. The zero-order valence-electron chi connectivity index (χ0n) is 10.9. The van der Waals surface area contributed by atoms with Gasteiger partial charge >= 0.3 is 0 Å². The van der Waals surface area contributed by atoms with Crippen LogP contribution in [0.15, 0.2) is 0 Å². The summed E-state index contributed by atoms with van der Waals surface area (Å²) in [7, 11) is 0. The van der Waals surface area contributed by atoms with E-state index in [4.69, 9.17) is 5.73 Å². The molecule has 0 rings (SSSR count). The van der Waals surface area contributed by atoms with Crippen LogP contribution in [0, 0.1) is 5.92 Å². The molecule has 0 spiro atoms. The highest BCUT2D eigenvalue weighted by atomic mass is 16.1. The van der Waals surface area contributed by atoms with E-state index in [1.807, 2.05) is 13.8 Å². The van der Waals surface area contributed by atoms with Crippen LogP contribution < -0.4 is 11.1 Å². The van der Waals surface area contributed by atoms with Gasteiger partial charge in [-0.15, -0.1) is 0 Å². The monoisotopic (exact) mass is 214 g/mol. The van der Waals surface area contributed by atoms with Crippen LogP contribution in [0.25, 0.3) is 0 Å². The van der Waals surface area contributed by atoms with Gasteiger partial charge in [0.1, 0.15) is 0 Å². The Morgan fingerprint density at radius 3 is 2.00 bits per heavy atom. The summed E-state index contributed by atoms with van der Waals surface area (Å²) in [5.41, 5.74) is 5.09. The molecule has 0 aliphatic rings. The van der Waals surface area contributed by atoms with E-state index in [-0.39, 0.29) is 11.8 Å². The molecule has 0 fully saturated rings. The van der Waals surface area contributed by atoms with Crippen LogP contribution in [0.5, 0.6) is 0 Å². The summed E-state index contributed by atoms with van der Waals surface area (Å²) >= 11 is 0. The van der Waals surface area contributed by atoms with E-state index in [0.29, 0.717) is 12.0 Å². The summed E-state index contributed by atoms with van der Waals surface area (Å²) < 4.78 is 0. The quantitative estimate of drug-likeness (QED) is 0.707. The zero-order chi connectivity index (χ0) is 12.2. The van der Waals surface area contributed by atoms with Gasteiger partial charge in [-0.1, -0.05) is 27.7 Å². The summed E-state index contributed by atoms with van der Waals surface area (Å²) in [4.78, 5) is 12.0. The second-order valence-corrected chi connectivity index (χ2v) is 5.59. The minimum absolute atomic E-state index is 0.102. The number of ketones is 1. The van der Waals surface area contributed by atoms with Gasteiger partial charge in [0.15, 0.2) is 5.78 Å². The van der Waals surface area contributed by atoms with E-state index in [1.165, 1.54) is 0 Å². The Morgan fingerprint density at radius 2 is 1.73 bits per heavy atom. The van der Waals surface area contributed by atoms with Crippen molar-refractivity contribution in [3.05, 3.63) is 0 Å². The number of carbonyl (C=O) groups excluding carboxylic acids is 1. The smallest absolute Gasteiger partial charge is 0.168 e. The lowest BCUT2D eigenvalue weighted by Crippen LogP contribution is -2.54. The van der Waals surface area contributed by atoms with Crippen molar-refractivity contribution in [3.8, 4) is 0 Å². The number of nitrogens with one attached hydrogen (secondary N) is 1. The van der Waals surface area contributed by atoms with Crippen molar-refractivity contribution in [1.29, 1.82) is 0 Å². The largest absolute Gasteiger partial charge is 0.319 e. The van der Waals surface area contributed by atoms with Crippen molar-refractivity contribution in [2.75, 3.05) is 0 Å². The first-order valence-electron chi connectivity index (χ1n) is 5.73. The van der Waals surface area contributed by atoms with Crippen LogP contribution in [-0.4, -0.2) is 23.4 Å². The van der Waals surface area contributed by atoms with Crippen molar-refractivity contribution >= 4 is 5.78 Å². The summed E-state index contributed by atoms with van der Waals surface area (Å²) in [5, 5.41) is 3.29. The second kappa shape index (κ2) is 5.61. The van der Waals surface area contributed by atoms with Crippen LogP contribution in [-0.2, 0) is 4.79 Å². The Labute approximate surface area is 93.8 Å². The lowest BCUT2D eigenvalue weighted by Gasteiger charge is -2.28. The molecule has 1 unspecified atom stereocenters. The average Bonchev–Trinajstić information content (AvgIpc) is 1.98. The lowest BCUT2D eigenvalue weighted by molar-refractivity contribution is -0.125. The van der Waals surface area contributed by atoms with Gasteiger partial charge in [-0.25, -0.2) is 0 Å². The molecule has 0 aliphatic carbocycles. The Hall–Kier alpha value is -0.410. The fraction of sp³-hybridized carbons (Fsp3) is 0.917. The van der Waals surface area contributed by atoms with Crippen molar-refractivity contribution in [2.45, 2.75) is 65.6 Å². The molecular formula is C12H26N2O. The maximum Gasteiger partial charge on any atom is 0.168 e. The Balaban J connectivity index is 4.55. The third kappa shape index (κ3) is 5.90. The number of nitrogens with two attached hydrogens (primary N) is 1. The number of hydrogen-bond acceptors (Lipinski definition) is 3. The van der Waals surface area contributed by atoms with Crippen molar-refractivity contribution < 1.29 is 4.79 Å². The highest BCUT2D eigenvalue weighted by Crippen LogP contribution is 2.12. The van der Waals surface area contributed by atoms with Crippen LogP contribution in [0.1, 0.15) is 48.0 Å². The molecule has 90 valence electrons. The molecule has 0 aromatic rings. The number of carbonyl (C=O) groups is 1. The molecule has 0 bridgehead atoms. The first kappa shape index (κ1) is 14.6. The number of rotatable bonds is 6. The van der Waals surface area contributed by atoms with Crippen LogP contribution >= 0.6 is 0 Å². The fourth-order valence-corrected chi connectivity index (χ4v) is 1.57. The molecule has 1 atom stereocenters.